The van der Waals surface area contributed by atoms with Crippen molar-refractivity contribution in [3.8, 4) is 0 Å². The third-order valence-corrected chi connectivity index (χ3v) is 7.60. The maximum atomic E-state index is 13.0. The van der Waals surface area contributed by atoms with Gasteiger partial charge in [-0.05, 0) is 49.8 Å². The summed E-state index contributed by atoms with van der Waals surface area (Å²) in [6, 6.07) is 10.1. The van der Waals surface area contributed by atoms with Crippen LogP contribution in [0.2, 0.25) is 0 Å². The van der Waals surface area contributed by atoms with Crippen LogP contribution in [0.15, 0.2) is 62.0 Å². The molecule has 5 nitrogen and oxygen atoms in total. The van der Waals surface area contributed by atoms with E-state index >= 15 is 0 Å². The second kappa shape index (κ2) is 8.58. The van der Waals surface area contributed by atoms with E-state index in [0.717, 1.165) is 11.8 Å². The third-order valence-electron chi connectivity index (χ3n) is 4.08. The van der Waals surface area contributed by atoms with Gasteiger partial charge in [-0.3, -0.25) is 4.79 Å². The number of anilines is 1. The summed E-state index contributed by atoms with van der Waals surface area (Å²) in [5.41, 5.74) is -3.63. The number of nitrogens with one attached hydrogen (secondary N) is 1. The molecule has 29 heavy (non-hydrogen) atoms. The van der Waals surface area contributed by atoms with Crippen molar-refractivity contribution in [3.05, 3.63) is 42.5 Å². The Kier molecular flexibility index (Phi) is 6.98. The van der Waals surface area contributed by atoms with Gasteiger partial charge >= 0.3 is 6.18 Å². The topological polar surface area (TPSA) is 83.5 Å². The van der Waals surface area contributed by atoms with Gasteiger partial charge < -0.3 is 10.4 Å². The van der Waals surface area contributed by atoms with Crippen molar-refractivity contribution in [2.75, 3.05) is 17.8 Å². The Labute approximate surface area is 175 Å². The normalized spacial score (nSPS) is 14.3. The average Bonchev–Trinajstić information content (AvgIpc) is 2.67. The van der Waals surface area contributed by atoms with Crippen molar-refractivity contribution >= 4 is 45.0 Å². The van der Waals surface area contributed by atoms with Gasteiger partial charge in [-0.2, -0.15) is 13.2 Å². The van der Waals surface area contributed by atoms with Gasteiger partial charge in [-0.25, -0.2) is 8.42 Å². The number of hydrogen-bond acceptors (Lipinski definition) is 6. The minimum Gasteiger partial charge on any atom is -0.373 e. The Morgan fingerprint density at radius 2 is 1.62 bits per heavy atom. The lowest BCUT2D eigenvalue weighted by Gasteiger charge is -2.25. The molecule has 0 spiro atoms. The van der Waals surface area contributed by atoms with Crippen LogP contribution in [0.4, 0.5) is 18.9 Å². The first-order valence-electron chi connectivity index (χ1n) is 8.03. The smallest absolute Gasteiger partial charge is 0.373 e. The molecule has 1 amide bonds. The minimum absolute atomic E-state index is 0.0378. The molecule has 0 saturated carbocycles. The van der Waals surface area contributed by atoms with E-state index in [-0.39, 0.29) is 20.4 Å². The summed E-state index contributed by atoms with van der Waals surface area (Å²) in [6.07, 6.45) is -1.84. The maximum Gasteiger partial charge on any atom is 0.426 e. The Bertz CT molecular complexity index is 1020. The highest BCUT2D eigenvalue weighted by Gasteiger charge is 2.55. The van der Waals surface area contributed by atoms with Gasteiger partial charge in [0.1, 0.15) is 0 Å². The van der Waals surface area contributed by atoms with Crippen LogP contribution >= 0.6 is 23.5 Å². The number of amides is 1. The first-order chi connectivity index (χ1) is 13.4. The van der Waals surface area contributed by atoms with Crippen LogP contribution in [0.5, 0.6) is 0 Å². The number of sulfone groups is 1. The minimum atomic E-state index is -5.17. The van der Waals surface area contributed by atoms with Crippen molar-refractivity contribution in [2.45, 2.75) is 38.3 Å². The van der Waals surface area contributed by atoms with Gasteiger partial charge in [-0.1, -0.05) is 12.1 Å². The Morgan fingerprint density at radius 1 is 1.03 bits per heavy atom. The SMILES string of the molecule is CSc1cc(S(=O)(=O)c2ccccc2SC)ccc1NC(=O)[C@@](C)(O)C(F)(F)F. The lowest BCUT2D eigenvalue weighted by Crippen LogP contribution is -2.52. The van der Waals surface area contributed by atoms with E-state index in [1.165, 1.54) is 36.0 Å². The highest BCUT2D eigenvalue weighted by atomic mass is 32.2. The lowest BCUT2D eigenvalue weighted by atomic mass is 10.1. The van der Waals surface area contributed by atoms with Crippen LogP contribution in [0.1, 0.15) is 6.92 Å². The van der Waals surface area contributed by atoms with E-state index in [1.54, 1.807) is 30.7 Å². The van der Waals surface area contributed by atoms with Gasteiger partial charge in [0.15, 0.2) is 0 Å². The molecule has 2 N–H and O–H groups in total. The number of hydrogen-bond donors (Lipinski definition) is 2. The van der Waals surface area contributed by atoms with Crippen LogP contribution < -0.4 is 5.32 Å². The fourth-order valence-electron chi connectivity index (χ4n) is 2.28. The van der Waals surface area contributed by atoms with Crippen molar-refractivity contribution in [3.63, 3.8) is 0 Å². The molecule has 2 aromatic carbocycles. The number of rotatable bonds is 6. The van der Waals surface area contributed by atoms with Crippen molar-refractivity contribution in [1.29, 1.82) is 0 Å². The van der Waals surface area contributed by atoms with Crippen LogP contribution in [0.3, 0.4) is 0 Å². The molecule has 158 valence electrons. The van der Waals surface area contributed by atoms with Crippen LogP contribution in [0.25, 0.3) is 0 Å². The van der Waals surface area contributed by atoms with Gasteiger partial charge in [0.25, 0.3) is 5.91 Å². The summed E-state index contributed by atoms with van der Waals surface area (Å²) in [5, 5.41) is 11.5. The van der Waals surface area contributed by atoms with Gasteiger partial charge in [-0.15, -0.1) is 23.5 Å². The van der Waals surface area contributed by atoms with Crippen LogP contribution in [-0.2, 0) is 14.6 Å². The molecular weight excluding hydrogens is 447 g/mol. The van der Waals surface area contributed by atoms with Crippen LogP contribution in [0, 0.1) is 0 Å². The predicted molar refractivity (Wildman–Crippen MR) is 107 cm³/mol. The van der Waals surface area contributed by atoms with Crippen molar-refractivity contribution in [2.24, 2.45) is 0 Å². The molecule has 0 fully saturated rings. The monoisotopic (exact) mass is 465 g/mol. The summed E-state index contributed by atoms with van der Waals surface area (Å²) < 4.78 is 64.6. The zero-order valence-corrected chi connectivity index (χ0v) is 18.0. The summed E-state index contributed by atoms with van der Waals surface area (Å²) in [4.78, 5) is 12.8. The molecule has 0 saturated heterocycles. The van der Waals surface area contributed by atoms with E-state index in [0.29, 0.717) is 11.8 Å². The molecule has 0 radical (unpaired) electrons. The van der Waals surface area contributed by atoms with E-state index in [2.05, 4.69) is 0 Å². The quantitative estimate of drug-likeness (QED) is 0.622. The van der Waals surface area contributed by atoms with E-state index < -0.39 is 27.5 Å². The lowest BCUT2D eigenvalue weighted by molar-refractivity contribution is -0.242. The number of carbonyl (C=O) groups excluding carboxylic acids is 1. The average molecular weight is 466 g/mol. The molecule has 1 atom stereocenters. The summed E-state index contributed by atoms with van der Waals surface area (Å²) >= 11 is 2.31. The second-order valence-electron chi connectivity index (χ2n) is 6.04. The number of carbonyl (C=O) groups is 1. The first-order valence-corrected chi connectivity index (χ1v) is 12.0. The van der Waals surface area contributed by atoms with Crippen LogP contribution in [-0.4, -0.2) is 43.7 Å². The molecule has 0 aliphatic heterocycles. The highest BCUT2D eigenvalue weighted by molar-refractivity contribution is 7.99. The molecule has 2 rings (SSSR count). The number of thioether (sulfide) groups is 2. The molecule has 0 aliphatic rings. The van der Waals surface area contributed by atoms with Gasteiger partial charge in [0.2, 0.25) is 15.4 Å². The van der Waals surface area contributed by atoms with E-state index in [1.807, 2.05) is 5.32 Å². The van der Waals surface area contributed by atoms with E-state index in [9.17, 15) is 31.5 Å². The van der Waals surface area contributed by atoms with Crippen molar-refractivity contribution < 1.29 is 31.5 Å². The first kappa shape index (κ1) is 23.6. The molecule has 0 aromatic heterocycles. The standard InChI is InChI=1S/C18H18F3NO4S3/c1-17(24,18(19,20)21)16(23)22-12-9-8-11(10-14(12)28-3)29(25,26)15-7-5-4-6-13(15)27-2/h4-10,24H,1-3H3,(H,22,23)/t17-/m1/s1. The number of halogens is 3. The largest absolute Gasteiger partial charge is 0.426 e. The Hall–Kier alpha value is -1.69. The maximum absolute atomic E-state index is 13.0. The molecule has 2 aromatic rings. The fraction of sp³-hybridized carbons (Fsp3) is 0.278. The number of aliphatic hydroxyl groups is 1. The zero-order chi connectivity index (χ0) is 22.0. The Balaban J connectivity index is 2.45. The number of alkyl halides is 3. The number of benzene rings is 2. The third kappa shape index (κ3) is 4.73. The fourth-order valence-corrected chi connectivity index (χ4v) is 5.37. The Morgan fingerprint density at radius 3 is 2.17 bits per heavy atom. The molecular formula is C18H18F3NO4S3. The summed E-state index contributed by atoms with van der Waals surface area (Å²) in [7, 11) is -3.89. The summed E-state index contributed by atoms with van der Waals surface area (Å²) in [5.74, 6) is -1.66. The molecule has 0 heterocycles. The molecule has 0 unspecified atom stereocenters. The van der Waals surface area contributed by atoms with Gasteiger partial charge in [0, 0.05) is 9.79 Å². The highest BCUT2D eigenvalue weighted by Crippen LogP contribution is 2.35. The molecule has 0 aliphatic carbocycles. The van der Waals surface area contributed by atoms with Gasteiger partial charge in [0.05, 0.1) is 15.5 Å². The van der Waals surface area contributed by atoms with E-state index in [4.69, 9.17) is 0 Å². The second-order valence-corrected chi connectivity index (χ2v) is 9.65. The molecule has 0 bridgehead atoms. The molecule has 11 heteroatoms. The summed E-state index contributed by atoms with van der Waals surface area (Å²) in [6.45, 7) is 0.346. The zero-order valence-electron chi connectivity index (χ0n) is 15.6. The predicted octanol–water partition coefficient (Wildman–Crippen LogP) is 4.22. The van der Waals surface area contributed by atoms with Crippen molar-refractivity contribution in [1.82, 2.24) is 0 Å².